The molecule has 0 bridgehead atoms. The van der Waals surface area contributed by atoms with Crippen molar-refractivity contribution in [3.05, 3.63) is 52.1 Å². The Bertz CT molecular complexity index is 1380. The quantitative estimate of drug-likeness (QED) is 0.407. The number of aliphatic carboxylic acids is 1. The van der Waals surface area contributed by atoms with Crippen LogP contribution in [-0.4, -0.2) is 30.7 Å². The molecule has 0 spiro atoms. The normalized spacial score (nSPS) is 19.0. The molecule has 3 N–H and O–H groups in total. The summed E-state index contributed by atoms with van der Waals surface area (Å²) in [6.45, 7) is 1.72. The number of rotatable bonds is 3. The van der Waals surface area contributed by atoms with E-state index in [2.05, 4.69) is 26.0 Å². The number of carboxylic acid groups (broad SMARTS) is 1. The second kappa shape index (κ2) is 7.81. The summed E-state index contributed by atoms with van der Waals surface area (Å²) in [4.78, 5) is 20.6. The van der Waals surface area contributed by atoms with Gasteiger partial charge in [0.25, 0.3) is 0 Å². The Morgan fingerprint density at radius 1 is 1.25 bits per heavy atom. The standard InChI is InChI=1S/C23H21BrFN5O2/c1-11-2-7-17-15(19(11)25)8-14(9-27-17)16-10-28-30-21(26)18(24)20(29-22(16)30)12-3-5-13(6-4-12)23(31)32/h2,7-10,12-13H,3-6,26H2,1H3,(H,31,32). The van der Waals surface area contributed by atoms with E-state index < -0.39 is 5.97 Å². The molecular formula is C23H21BrFN5O2. The van der Waals surface area contributed by atoms with E-state index in [-0.39, 0.29) is 17.7 Å². The molecule has 0 unspecified atom stereocenters. The first-order valence-electron chi connectivity index (χ1n) is 10.5. The highest BCUT2D eigenvalue weighted by atomic mass is 79.9. The van der Waals surface area contributed by atoms with Crippen LogP contribution in [0.4, 0.5) is 10.2 Å². The van der Waals surface area contributed by atoms with Gasteiger partial charge in [0.2, 0.25) is 0 Å². The molecule has 4 aromatic rings. The van der Waals surface area contributed by atoms with Gasteiger partial charge in [0, 0.05) is 28.6 Å². The average Bonchev–Trinajstić information content (AvgIpc) is 3.23. The molecule has 1 saturated carbocycles. The lowest BCUT2D eigenvalue weighted by atomic mass is 9.80. The van der Waals surface area contributed by atoms with Gasteiger partial charge in [-0.25, -0.2) is 9.37 Å². The zero-order valence-corrected chi connectivity index (χ0v) is 18.9. The zero-order valence-electron chi connectivity index (χ0n) is 17.3. The van der Waals surface area contributed by atoms with E-state index in [0.717, 1.165) is 18.5 Å². The number of nitrogen functional groups attached to an aromatic ring is 1. The summed E-state index contributed by atoms with van der Waals surface area (Å²) in [5, 5.41) is 14.1. The fourth-order valence-corrected chi connectivity index (χ4v) is 5.10. The lowest BCUT2D eigenvalue weighted by Crippen LogP contribution is -2.21. The number of pyridine rings is 1. The van der Waals surface area contributed by atoms with Crippen molar-refractivity contribution < 1.29 is 14.3 Å². The molecule has 0 saturated heterocycles. The van der Waals surface area contributed by atoms with E-state index in [4.69, 9.17) is 10.7 Å². The molecule has 5 rings (SSSR count). The van der Waals surface area contributed by atoms with Gasteiger partial charge in [0.15, 0.2) is 5.65 Å². The SMILES string of the molecule is Cc1ccc2ncc(-c3cnn4c(N)c(Br)c(C5CCC(C(=O)O)CC5)nc34)cc2c1F. The van der Waals surface area contributed by atoms with Gasteiger partial charge in [-0.1, -0.05) is 6.07 Å². The third kappa shape index (κ3) is 3.31. The Balaban J connectivity index is 1.61. The minimum Gasteiger partial charge on any atom is -0.481 e. The molecule has 0 radical (unpaired) electrons. The predicted octanol–water partition coefficient (Wildman–Crippen LogP) is 5.10. The number of hydrogen-bond donors (Lipinski definition) is 2. The number of aryl methyl sites for hydroxylation is 1. The van der Waals surface area contributed by atoms with E-state index >= 15 is 0 Å². The third-order valence-electron chi connectivity index (χ3n) is 6.41. The number of carboxylic acids is 1. The maximum Gasteiger partial charge on any atom is 0.306 e. The van der Waals surface area contributed by atoms with Gasteiger partial charge in [-0.15, -0.1) is 0 Å². The van der Waals surface area contributed by atoms with Crippen LogP contribution in [0.1, 0.15) is 42.9 Å². The van der Waals surface area contributed by atoms with Crippen LogP contribution in [-0.2, 0) is 4.79 Å². The van der Waals surface area contributed by atoms with Gasteiger partial charge >= 0.3 is 5.97 Å². The molecule has 7 nitrogen and oxygen atoms in total. The van der Waals surface area contributed by atoms with Gasteiger partial charge in [-0.2, -0.15) is 9.61 Å². The van der Waals surface area contributed by atoms with Crippen molar-refractivity contribution >= 4 is 44.3 Å². The molecule has 0 aliphatic heterocycles. The smallest absolute Gasteiger partial charge is 0.306 e. The highest BCUT2D eigenvalue weighted by Gasteiger charge is 2.30. The molecular weight excluding hydrogens is 477 g/mol. The summed E-state index contributed by atoms with van der Waals surface area (Å²) in [6.07, 6.45) is 6.02. The molecule has 32 heavy (non-hydrogen) atoms. The fourth-order valence-electron chi connectivity index (χ4n) is 4.52. The van der Waals surface area contributed by atoms with Gasteiger partial charge in [0.1, 0.15) is 11.6 Å². The maximum atomic E-state index is 14.7. The number of halogens is 2. The molecule has 164 valence electrons. The summed E-state index contributed by atoms with van der Waals surface area (Å²) in [7, 11) is 0. The van der Waals surface area contributed by atoms with Gasteiger partial charge < -0.3 is 10.8 Å². The van der Waals surface area contributed by atoms with Crippen molar-refractivity contribution in [3.63, 3.8) is 0 Å². The molecule has 0 amide bonds. The monoisotopic (exact) mass is 497 g/mol. The van der Waals surface area contributed by atoms with Crippen molar-refractivity contribution in [2.45, 2.75) is 38.5 Å². The largest absolute Gasteiger partial charge is 0.481 e. The van der Waals surface area contributed by atoms with Gasteiger partial charge in [0.05, 0.1) is 27.8 Å². The summed E-state index contributed by atoms with van der Waals surface area (Å²) in [5.74, 6) is -0.815. The topological polar surface area (TPSA) is 106 Å². The predicted molar refractivity (Wildman–Crippen MR) is 123 cm³/mol. The lowest BCUT2D eigenvalue weighted by Gasteiger charge is -2.26. The zero-order chi connectivity index (χ0) is 22.6. The van der Waals surface area contributed by atoms with E-state index in [1.807, 2.05) is 0 Å². The molecule has 1 aromatic carbocycles. The number of anilines is 1. The number of nitrogens with two attached hydrogens (primary N) is 1. The number of carbonyl (C=O) groups is 1. The minimum atomic E-state index is -0.741. The average molecular weight is 498 g/mol. The van der Waals surface area contributed by atoms with Gasteiger partial charge in [-0.3, -0.25) is 9.78 Å². The first kappa shape index (κ1) is 20.8. The lowest BCUT2D eigenvalue weighted by molar-refractivity contribution is -0.142. The Kier molecular flexibility index (Phi) is 5.08. The second-order valence-electron chi connectivity index (χ2n) is 8.36. The first-order valence-corrected chi connectivity index (χ1v) is 11.2. The molecule has 1 fully saturated rings. The summed E-state index contributed by atoms with van der Waals surface area (Å²) >= 11 is 3.57. The highest BCUT2D eigenvalue weighted by molar-refractivity contribution is 9.10. The van der Waals surface area contributed by atoms with Crippen LogP contribution in [0.25, 0.3) is 27.7 Å². The van der Waals surface area contributed by atoms with Crippen molar-refractivity contribution in [2.24, 2.45) is 5.92 Å². The van der Waals surface area contributed by atoms with E-state index in [9.17, 15) is 14.3 Å². The van der Waals surface area contributed by atoms with Crippen molar-refractivity contribution in [1.82, 2.24) is 19.6 Å². The van der Waals surface area contributed by atoms with E-state index in [1.54, 1.807) is 42.0 Å². The molecule has 3 aromatic heterocycles. The van der Waals surface area contributed by atoms with Crippen molar-refractivity contribution in [1.29, 1.82) is 0 Å². The number of hydrogen-bond acceptors (Lipinski definition) is 5. The van der Waals surface area contributed by atoms with E-state index in [0.29, 0.717) is 56.4 Å². The molecule has 9 heteroatoms. The number of fused-ring (bicyclic) bond motifs is 2. The molecule has 0 atom stereocenters. The fraction of sp³-hybridized carbons (Fsp3) is 0.304. The van der Waals surface area contributed by atoms with Crippen LogP contribution >= 0.6 is 15.9 Å². The number of nitrogens with zero attached hydrogens (tertiary/aromatic N) is 4. The van der Waals surface area contributed by atoms with Crippen LogP contribution in [0.15, 0.2) is 35.1 Å². The number of benzene rings is 1. The van der Waals surface area contributed by atoms with Crippen LogP contribution in [0.2, 0.25) is 0 Å². The second-order valence-corrected chi connectivity index (χ2v) is 9.16. The Hall–Kier alpha value is -3.07. The Labute approximate surface area is 191 Å². The van der Waals surface area contributed by atoms with Crippen molar-refractivity contribution in [3.8, 4) is 11.1 Å². The van der Waals surface area contributed by atoms with Gasteiger partial charge in [-0.05, 0) is 66.2 Å². The summed E-state index contributed by atoms with van der Waals surface area (Å²) in [5.41, 5.74) is 10.3. The Morgan fingerprint density at radius 2 is 2.00 bits per heavy atom. The first-order chi connectivity index (χ1) is 15.3. The summed E-state index contributed by atoms with van der Waals surface area (Å²) < 4.78 is 16.9. The minimum absolute atomic E-state index is 0.102. The molecule has 1 aliphatic rings. The maximum absolute atomic E-state index is 14.7. The van der Waals surface area contributed by atoms with E-state index in [1.165, 1.54) is 0 Å². The van der Waals surface area contributed by atoms with Crippen LogP contribution < -0.4 is 5.73 Å². The highest BCUT2D eigenvalue weighted by Crippen LogP contribution is 2.40. The van der Waals surface area contributed by atoms with Crippen molar-refractivity contribution in [2.75, 3.05) is 5.73 Å². The number of aromatic nitrogens is 4. The molecule has 3 heterocycles. The van der Waals surface area contributed by atoms with Crippen LogP contribution in [0.5, 0.6) is 0 Å². The summed E-state index contributed by atoms with van der Waals surface area (Å²) in [6, 6.07) is 5.27. The van der Waals surface area contributed by atoms with Crippen LogP contribution in [0.3, 0.4) is 0 Å². The molecule has 1 aliphatic carbocycles. The van der Waals surface area contributed by atoms with Crippen LogP contribution in [0, 0.1) is 18.7 Å². The Morgan fingerprint density at radius 3 is 2.72 bits per heavy atom. The third-order valence-corrected chi connectivity index (χ3v) is 7.23.